The Hall–Kier alpha value is -0.750. The lowest BCUT2D eigenvalue weighted by Crippen LogP contribution is -2.23. The molecular weight excluding hydrogens is 253 g/mol. The van der Waals surface area contributed by atoms with Crippen molar-refractivity contribution >= 4 is 34.8 Å². The van der Waals surface area contributed by atoms with Crippen LogP contribution in [-0.2, 0) is 0 Å². The third-order valence-corrected chi connectivity index (χ3v) is 2.46. The number of aliphatic hydroxyl groups excluding tert-OH is 2. The van der Waals surface area contributed by atoms with Gasteiger partial charge in [-0.25, -0.2) is 4.98 Å². The van der Waals surface area contributed by atoms with Crippen LogP contribution >= 0.6 is 23.2 Å². The Balaban J connectivity index is 2.79. The highest BCUT2D eigenvalue weighted by Gasteiger charge is 2.09. The molecule has 1 aromatic rings. The predicted octanol–water partition coefficient (Wildman–Crippen LogP) is 1.20. The van der Waals surface area contributed by atoms with Crippen LogP contribution in [0.15, 0.2) is 6.07 Å². The molecule has 0 aliphatic carbocycles. The molecule has 0 fully saturated rings. The van der Waals surface area contributed by atoms with Gasteiger partial charge in [-0.3, -0.25) is 0 Å². The van der Waals surface area contributed by atoms with Gasteiger partial charge >= 0.3 is 0 Å². The highest BCUT2D eigenvalue weighted by molar-refractivity contribution is 6.37. The molecule has 0 amide bonds. The summed E-state index contributed by atoms with van der Waals surface area (Å²) in [7, 11) is 1.69. The molecule has 0 aliphatic heterocycles. The van der Waals surface area contributed by atoms with Gasteiger partial charge in [0.1, 0.15) is 11.6 Å². The number of rotatable bonds is 5. The molecule has 4 N–H and O–H groups in total. The molecule has 1 heterocycles. The van der Waals surface area contributed by atoms with Gasteiger partial charge in [-0.1, -0.05) is 23.2 Å². The first-order valence-electron chi connectivity index (χ1n) is 4.65. The Morgan fingerprint density at radius 2 is 2.00 bits per heavy atom. The van der Waals surface area contributed by atoms with Crippen LogP contribution in [0.4, 0.5) is 11.6 Å². The Kier molecular flexibility index (Phi) is 5.08. The molecule has 1 aromatic heterocycles. The predicted molar refractivity (Wildman–Crippen MR) is 65.4 cm³/mol. The second kappa shape index (κ2) is 6.10. The second-order valence-corrected chi connectivity index (χ2v) is 3.93. The number of aliphatic hydroxyl groups is 2. The van der Waals surface area contributed by atoms with E-state index in [1.165, 1.54) is 0 Å². The fourth-order valence-electron chi connectivity index (χ4n) is 1.04. The van der Waals surface area contributed by atoms with Crippen molar-refractivity contribution in [3.05, 3.63) is 16.1 Å². The Morgan fingerprint density at radius 3 is 2.56 bits per heavy atom. The SMILES string of the molecule is CNc1nc(NCC(O)CO)c(Cl)cc1Cl. The van der Waals surface area contributed by atoms with E-state index in [-0.39, 0.29) is 13.2 Å². The molecule has 0 aromatic carbocycles. The molecule has 16 heavy (non-hydrogen) atoms. The monoisotopic (exact) mass is 265 g/mol. The Bertz CT molecular complexity index is 363. The number of hydrogen-bond donors (Lipinski definition) is 4. The minimum absolute atomic E-state index is 0.161. The molecule has 0 spiro atoms. The number of halogens is 2. The van der Waals surface area contributed by atoms with E-state index in [2.05, 4.69) is 15.6 Å². The van der Waals surface area contributed by atoms with E-state index in [1.807, 2.05) is 0 Å². The molecule has 0 aliphatic rings. The van der Waals surface area contributed by atoms with Crippen LogP contribution in [0.25, 0.3) is 0 Å². The summed E-state index contributed by atoms with van der Waals surface area (Å²) in [6.07, 6.45) is -0.855. The first-order valence-corrected chi connectivity index (χ1v) is 5.40. The summed E-state index contributed by atoms with van der Waals surface area (Å²) in [5.41, 5.74) is 0. The van der Waals surface area contributed by atoms with Gasteiger partial charge in [0.25, 0.3) is 0 Å². The second-order valence-electron chi connectivity index (χ2n) is 3.12. The summed E-state index contributed by atoms with van der Waals surface area (Å²) < 4.78 is 0. The van der Waals surface area contributed by atoms with E-state index >= 15 is 0 Å². The maximum Gasteiger partial charge on any atom is 0.147 e. The van der Waals surface area contributed by atoms with Crippen LogP contribution in [-0.4, -0.2) is 41.5 Å². The first-order chi connectivity index (χ1) is 7.58. The highest BCUT2D eigenvalue weighted by Crippen LogP contribution is 2.28. The smallest absolute Gasteiger partial charge is 0.147 e. The van der Waals surface area contributed by atoms with Gasteiger partial charge in [0.2, 0.25) is 0 Å². The molecule has 7 heteroatoms. The average Bonchev–Trinajstić information content (AvgIpc) is 2.27. The Labute approximate surface area is 103 Å². The van der Waals surface area contributed by atoms with Gasteiger partial charge in [-0.15, -0.1) is 0 Å². The molecule has 1 rings (SSSR count). The van der Waals surface area contributed by atoms with E-state index < -0.39 is 6.10 Å². The fraction of sp³-hybridized carbons (Fsp3) is 0.444. The molecule has 90 valence electrons. The number of nitrogens with zero attached hydrogens (tertiary/aromatic N) is 1. The summed E-state index contributed by atoms with van der Waals surface area (Å²) in [6, 6.07) is 1.55. The summed E-state index contributed by atoms with van der Waals surface area (Å²) in [4.78, 5) is 4.12. The normalized spacial score (nSPS) is 12.3. The Morgan fingerprint density at radius 1 is 1.38 bits per heavy atom. The van der Waals surface area contributed by atoms with E-state index in [1.54, 1.807) is 13.1 Å². The lowest BCUT2D eigenvalue weighted by Gasteiger charge is -2.12. The molecule has 5 nitrogen and oxygen atoms in total. The molecule has 0 radical (unpaired) electrons. The maximum absolute atomic E-state index is 9.17. The van der Waals surface area contributed by atoms with Crippen LogP contribution < -0.4 is 10.6 Å². The van der Waals surface area contributed by atoms with Gasteiger partial charge in [-0.05, 0) is 6.07 Å². The van der Waals surface area contributed by atoms with E-state index in [0.29, 0.717) is 21.7 Å². The zero-order valence-corrected chi connectivity index (χ0v) is 10.2. The van der Waals surface area contributed by atoms with Crippen molar-refractivity contribution in [3.63, 3.8) is 0 Å². The molecular formula is C9H13Cl2N3O2. The van der Waals surface area contributed by atoms with Crippen LogP contribution in [0, 0.1) is 0 Å². The number of nitrogens with one attached hydrogen (secondary N) is 2. The summed E-state index contributed by atoms with van der Waals surface area (Å²) in [6.45, 7) is -0.162. The zero-order chi connectivity index (χ0) is 12.1. The van der Waals surface area contributed by atoms with E-state index in [4.69, 9.17) is 33.4 Å². The highest BCUT2D eigenvalue weighted by atomic mass is 35.5. The summed E-state index contributed by atoms with van der Waals surface area (Å²) >= 11 is 11.8. The van der Waals surface area contributed by atoms with Crippen molar-refractivity contribution in [1.29, 1.82) is 0 Å². The van der Waals surface area contributed by atoms with Gasteiger partial charge in [0.05, 0.1) is 22.8 Å². The summed E-state index contributed by atoms with van der Waals surface area (Å²) in [5, 5.41) is 24.2. The van der Waals surface area contributed by atoms with Crippen molar-refractivity contribution in [2.75, 3.05) is 30.8 Å². The molecule has 0 saturated heterocycles. The van der Waals surface area contributed by atoms with Gasteiger partial charge in [0.15, 0.2) is 0 Å². The van der Waals surface area contributed by atoms with Crippen molar-refractivity contribution in [1.82, 2.24) is 4.98 Å². The maximum atomic E-state index is 9.17. The lowest BCUT2D eigenvalue weighted by molar-refractivity contribution is 0.105. The van der Waals surface area contributed by atoms with Gasteiger partial charge in [0, 0.05) is 13.6 Å². The number of pyridine rings is 1. The van der Waals surface area contributed by atoms with Crippen molar-refractivity contribution in [2.24, 2.45) is 0 Å². The van der Waals surface area contributed by atoms with Gasteiger partial charge < -0.3 is 20.8 Å². The van der Waals surface area contributed by atoms with Crippen LogP contribution in [0.2, 0.25) is 10.0 Å². The van der Waals surface area contributed by atoms with E-state index in [0.717, 1.165) is 0 Å². The topological polar surface area (TPSA) is 77.4 Å². The van der Waals surface area contributed by atoms with Gasteiger partial charge in [-0.2, -0.15) is 0 Å². The van der Waals surface area contributed by atoms with Crippen LogP contribution in [0.1, 0.15) is 0 Å². The standard InChI is InChI=1S/C9H13Cl2N3O2/c1-12-8-6(10)2-7(11)9(14-8)13-3-5(16)4-15/h2,5,15-16H,3-4H2,1H3,(H2,12,13,14). The molecule has 0 saturated carbocycles. The first kappa shape index (κ1) is 13.3. The van der Waals surface area contributed by atoms with E-state index in [9.17, 15) is 0 Å². The molecule has 1 atom stereocenters. The third-order valence-electron chi connectivity index (χ3n) is 1.88. The fourth-order valence-corrected chi connectivity index (χ4v) is 1.56. The number of anilines is 2. The quantitative estimate of drug-likeness (QED) is 0.644. The summed E-state index contributed by atoms with van der Waals surface area (Å²) in [5.74, 6) is 0.898. The van der Waals surface area contributed by atoms with Crippen molar-refractivity contribution in [3.8, 4) is 0 Å². The number of aromatic nitrogens is 1. The van der Waals surface area contributed by atoms with Crippen molar-refractivity contribution in [2.45, 2.75) is 6.10 Å². The van der Waals surface area contributed by atoms with Crippen molar-refractivity contribution < 1.29 is 10.2 Å². The largest absolute Gasteiger partial charge is 0.394 e. The average molecular weight is 266 g/mol. The lowest BCUT2D eigenvalue weighted by atomic mass is 10.3. The molecule has 1 unspecified atom stereocenters. The molecule has 0 bridgehead atoms. The third kappa shape index (κ3) is 3.38. The minimum Gasteiger partial charge on any atom is -0.394 e. The zero-order valence-electron chi connectivity index (χ0n) is 8.67. The number of hydrogen-bond acceptors (Lipinski definition) is 5. The van der Waals surface area contributed by atoms with Crippen LogP contribution in [0.3, 0.4) is 0 Å². The minimum atomic E-state index is -0.855. The van der Waals surface area contributed by atoms with Crippen LogP contribution in [0.5, 0.6) is 0 Å².